The SMILES string of the molecule is COc1ccc(NS(=O)(=O)c2ccc(NC(=O)C(C)Sc3ccc(OC)c(OC)c3)cc2)cc1. The highest BCUT2D eigenvalue weighted by atomic mass is 32.2. The predicted molar refractivity (Wildman–Crippen MR) is 134 cm³/mol. The Morgan fingerprint density at radius 2 is 1.44 bits per heavy atom. The van der Waals surface area contributed by atoms with Gasteiger partial charge in [-0.3, -0.25) is 9.52 Å². The Hall–Kier alpha value is -3.37. The van der Waals surface area contributed by atoms with Crippen molar-refractivity contribution in [2.75, 3.05) is 31.4 Å². The second-order valence-electron chi connectivity index (χ2n) is 7.12. The molecule has 1 unspecified atom stereocenters. The Morgan fingerprint density at radius 1 is 0.824 bits per heavy atom. The molecule has 3 rings (SSSR count). The van der Waals surface area contributed by atoms with Crippen molar-refractivity contribution in [3.05, 3.63) is 66.7 Å². The molecule has 0 aliphatic carbocycles. The Bertz CT molecular complexity index is 1230. The number of anilines is 2. The van der Waals surface area contributed by atoms with Gasteiger partial charge < -0.3 is 19.5 Å². The van der Waals surface area contributed by atoms with Crippen LogP contribution in [0.2, 0.25) is 0 Å². The molecule has 0 radical (unpaired) electrons. The Morgan fingerprint density at radius 3 is 2.03 bits per heavy atom. The Balaban J connectivity index is 1.62. The van der Waals surface area contributed by atoms with Crippen LogP contribution in [0.25, 0.3) is 0 Å². The largest absolute Gasteiger partial charge is 0.497 e. The molecule has 0 heterocycles. The molecule has 0 saturated heterocycles. The first-order valence-corrected chi connectivity index (χ1v) is 12.6. The number of hydrogen-bond acceptors (Lipinski definition) is 7. The Kier molecular flexibility index (Phi) is 8.30. The molecule has 0 spiro atoms. The van der Waals surface area contributed by atoms with Gasteiger partial charge in [0, 0.05) is 16.3 Å². The molecule has 2 N–H and O–H groups in total. The number of carbonyl (C=O) groups excluding carboxylic acids is 1. The summed E-state index contributed by atoms with van der Waals surface area (Å²) in [7, 11) is 0.876. The summed E-state index contributed by atoms with van der Waals surface area (Å²) in [6.45, 7) is 1.79. The number of benzene rings is 3. The minimum absolute atomic E-state index is 0.0778. The van der Waals surface area contributed by atoms with Gasteiger partial charge in [-0.05, 0) is 73.7 Å². The number of hydrogen-bond donors (Lipinski definition) is 2. The highest BCUT2D eigenvalue weighted by Gasteiger charge is 2.18. The minimum atomic E-state index is -3.78. The van der Waals surface area contributed by atoms with Crippen LogP contribution >= 0.6 is 11.8 Å². The summed E-state index contributed by atoms with van der Waals surface area (Å²) in [5, 5.41) is 2.40. The molecule has 1 atom stereocenters. The van der Waals surface area contributed by atoms with Gasteiger partial charge >= 0.3 is 0 Å². The van der Waals surface area contributed by atoms with Crippen molar-refractivity contribution in [1.29, 1.82) is 0 Å². The third-order valence-corrected chi connectivity index (χ3v) is 7.30. The standard InChI is InChI=1S/C24H26N2O6S2/c1-16(33-20-11-14-22(31-3)23(15-20)32-4)24(27)25-17-7-12-21(13-8-17)34(28,29)26-18-5-9-19(30-2)10-6-18/h5-16,26H,1-4H3,(H,25,27). The van der Waals surface area contributed by atoms with E-state index in [1.807, 2.05) is 12.1 Å². The fourth-order valence-corrected chi connectivity index (χ4v) is 4.94. The molecule has 10 heteroatoms. The summed E-state index contributed by atoms with van der Waals surface area (Å²) >= 11 is 1.37. The minimum Gasteiger partial charge on any atom is -0.497 e. The normalized spacial score (nSPS) is 11.9. The molecule has 0 fully saturated rings. The van der Waals surface area contributed by atoms with E-state index in [9.17, 15) is 13.2 Å². The average Bonchev–Trinajstić information content (AvgIpc) is 2.84. The summed E-state index contributed by atoms with van der Waals surface area (Å²) in [6.07, 6.45) is 0. The first-order valence-electron chi connectivity index (χ1n) is 10.2. The summed E-state index contributed by atoms with van der Waals surface area (Å²) in [5.74, 6) is 1.61. The van der Waals surface area contributed by atoms with Crippen molar-refractivity contribution in [3.63, 3.8) is 0 Å². The van der Waals surface area contributed by atoms with Crippen molar-refractivity contribution in [2.45, 2.75) is 22.0 Å². The molecule has 180 valence electrons. The van der Waals surface area contributed by atoms with Crippen molar-refractivity contribution >= 4 is 39.1 Å². The van der Waals surface area contributed by atoms with Crippen molar-refractivity contribution in [1.82, 2.24) is 0 Å². The summed E-state index contributed by atoms with van der Waals surface area (Å²) in [4.78, 5) is 13.6. The number of amides is 1. The smallest absolute Gasteiger partial charge is 0.261 e. The van der Waals surface area contributed by atoms with Crippen LogP contribution in [0.5, 0.6) is 17.2 Å². The molecule has 0 aliphatic rings. The van der Waals surface area contributed by atoms with Crippen LogP contribution in [0.4, 0.5) is 11.4 Å². The van der Waals surface area contributed by atoms with Gasteiger partial charge in [0.25, 0.3) is 10.0 Å². The van der Waals surface area contributed by atoms with Crippen molar-refractivity contribution in [2.24, 2.45) is 0 Å². The van der Waals surface area contributed by atoms with E-state index in [0.717, 1.165) is 4.90 Å². The number of ether oxygens (including phenoxy) is 3. The number of methoxy groups -OCH3 is 3. The van der Waals surface area contributed by atoms with Gasteiger partial charge in [-0.2, -0.15) is 0 Å². The fraction of sp³-hybridized carbons (Fsp3) is 0.208. The zero-order chi connectivity index (χ0) is 24.7. The van der Waals surface area contributed by atoms with Crippen LogP contribution < -0.4 is 24.2 Å². The van der Waals surface area contributed by atoms with E-state index >= 15 is 0 Å². The fourth-order valence-electron chi connectivity index (χ4n) is 2.98. The molecule has 0 saturated carbocycles. The molecule has 3 aromatic carbocycles. The first-order chi connectivity index (χ1) is 16.2. The van der Waals surface area contributed by atoms with Gasteiger partial charge in [0.05, 0.1) is 31.5 Å². The number of carbonyl (C=O) groups is 1. The van der Waals surface area contributed by atoms with Crippen LogP contribution in [0.15, 0.2) is 76.5 Å². The van der Waals surface area contributed by atoms with Crippen LogP contribution in [0.3, 0.4) is 0 Å². The van der Waals surface area contributed by atoms with E-state index in [1.165, 1.54) is 31.0 Å². The maximum atomic E-state index is 12.6. The first kappa shape index (κ1) is 25.3. The highest BCUT2D eigenvalue weighted by molar-refractivity contribution is 8.00. The van der Waals surface area contributed by atoms with Crippen LogP contribution in [-0.4, -0.2) is 40.9 Å². The predicted octanol–water partition coefficient (Wildman–Crippen LogP) is 4.63. The second-order valence-corrected chi connectivity index (χ2v) is 10.2. The summed E-state index contributed by atoms with van der Waals surface area (Å²) < 4.78 is 43.4. The summed E-state index contributed by atoms with van der Waals surface area (Å²) in [5.41, 5.74) is 0.910. The topological polar surface area (TPSA) is 103 Å². The van der Waals surface area contributed by atoms with E-state index in [-0.39, 0.29) is 10.8 Å². The van der Waals surface area contributed by atoms with Gasteiger partial charge in [-0.25, -0.2) is 8.42 Å². The number of thioether (sulfide) groups is 1. The van der Waals surface area contributed by atoms with E-state index in [1.54, 1.807) is 63.6 Å². The molecular formula is C24H26N2O6S2. The quantitative estimate of drug-likeness (QED) is 0.390. The molecule has 8 nitrogen and oxygen atoms in total. The zero-order valence-corrected chi connectivity index (χ0v) is 20.8. The molecule has 3 aromatic rings. The molecule has 0 aromatic heterocycles. The van der Waals surface area contributed by atoms with Crippen LogP contribution in [0.1, 0.15) is 6.92 Å². The van der Waals surface area contributed by atoms with E-state index in [4.69, 9.17) is 14.2 Å². The van der Waals surface area contributed by atoms with Gasteiger partial charge in [-0.15, -0.1) is 11.8 Å². The third kappa shape index (κ3) is 6.36. The molecule has 1 amide bonds. The lowest BCUT2D eigenvalue weighted by Crippen LogP contribution is -2.22. The van der Waals surface area contributed by atoms with Gasteiger partial charge in [0.1, 0.15) is 5.75 Å². The summed E-state index contributed by atoms with van der Waals surface area (Å²) in [6, 6.07) is 18.0. The highest BCUT2D eigenvalue weighted by Crippen LogP contribution is 2.33. The van der Waals surface area contributed by atoms with Gasteiger partial charge in [0.15, 0.2) is 11.5 Å². The second kappa shape index (κ2) is 11.2. The van der Waals surface area contributed by atoms with Crippen molar-refractivity contribution in [3.8, 4) is 17.2 Å². The molecule has 34 heavy (non-hydrogen) atoms. The average molecular weight is 503 g/mol. The number of sulfonamides is 1. The third-order valence-electron chi connectivity index (χ3n) is 4.81. The van der Waals surface area contributed by atoms with Gasteiger partial charge in [-0.1, -0.05) is 0 Å². The van der Waals surface area contributed by atoms with E-state index in [2.05, 4.69) is 10.0 Å². The Labute approximate surface area is 203 Å². The lowest BCUT2D eigenvalue weighted by atomic mass is 10.3. The van der Waals surface area contributed by atoms with E-state index < -0.39 is 15.3 Å². The lowest BCUT2D eigenvalue weighted by Gasteiger charge is -2.14. The lowest BCUT2D eigenvalue weighted by molar-refractivity contribution is -0.115. The molecule has 0 bridgehead atoms. The van der Waals surface area contributed by atoms with Crippen LogP contribution in [0, 0.1) is 0 Å². The number of rotatable bonds is 10. The van der Waals surface area contributed by atoms with Gasteiger partial charge in [0.2, 0.25) is 5.91 Å². The zero-order valence-electron chi connectivity index (χ0n) is 19.2. The monoisotopic (exact) mass is 502 g/mol. The van der Waals surface area contributed by atoms with E-state index in [0.29, 0.717) is 28.6 Å². The molecule has 0 aliphatic heterocycles. The number of nitrogens with one attached hydrogen (secondary N) is 2. The molecular weight excluding hydrogens is 476 g/mol. The van der Waals surface area contributed by atoms with Crippen molar-refractivity contribution < 1.29 is 27.4 Å². The maximum absolute atomic E-state index is 12.6. The van der Waals surface area contributed by atoms with Crippen LogP contribution in [-0.2, 0) is 14.8 Å². The maximum Gasteiger partial charge on any atom is 0.261 e.